The van der Waals surface area contributed by atoms with Crippen molar-refractivity contribution in [2.75, 3.05) is 5.32 Å². The predicted molar refractivity (Wildman–Crippen MR) is 81.2 cm³/mol. The van der Waals surface area contributed by atoms with Gasteiger partial charge in [-0.25, -0.2) is 0 Å². The van der Waals surface area contributed by atoms with Gasteiger partial charge in [-0.15, -0.1) is 0 Å². The van der Waals surface area contributed by atoms with Crippen molar-refractivity contribution in [1.29, 1.82) is 0 Å². The van der Waals surface area contributed by atoms with Crippen molar-refractivity contribution in [3.05, 3.63) is 45.7 Å². The summed E-state index contributed by atoms with van der Waals surface area (Å²) < 4.78 is 0. The van der Waals surface area contributed by atoms with Crippen molar-refractivity contribution < 1.29 is 4.79 Å². The maximum absolute atomic E-state index is 12.0. The van der Waals surface area contributed by atoms with Crippen molar-refractivity contribution in [2.45, 2.75) is 33.6 Å². The van der Waals surface area contributed by atoms with Gasteiger partial charge < -0.3 is 5.32 Å². The first-order chi connectivity index (χ1) is 9.47. The molecule has 0 bridgehead atoms. The van der Waals surface area contributed by atoms with Crippen molar-refractivity contribution in [3.63, 3.8) is 0 Å². The van der Waals surface area contributed by atoms with Gasteiger partial charge in [-0.2, -0.15) is 5.10 Å². The number of aryl methyl sites for hydroxylation is 4. The average molecular weight is 292 g/mol. The Bertz CT molecular complexity index is 615. The maximum Gasteiger partial charge on any atom is 0.224 e. The summed E-state index contributed by atoms with van der Waals surface area (Å²) in [5.74, 6) is -0.0192. The Labute approximate surface area is 123 Å². The molecule has 0 aliphatic heterocycles. The fourth-order valence-corrected chi connectivity index (χ4v) is 2.19. The average Bonchev–Trinajstić information content (AvgIpc) is 2.72. The molecule has 106 valence electrons. The van der Waals surface area contributed by atoms with Gasteiger partial charge in [-0.3, -0.25) is 9.89 Å². The Morgan fingerprint density at radius 1 is 1.35 bits per heavy atom. The van der Waals surface area contributed by atoms with Crippen molar-refractivity contribution in [1.82, 2.24) is 10.2 Å². The highest BCUT2D eigenvalue weighted by Crippen LogP contribution is 2.19. The van der Waals surface area contributed by atoms with Crippen LogP contribution < -0.4 is 5.32 Å². The molecule has 0 saturated carbocycles. The Morgan fingerprint density at radius 3 is 2.70 bits per heavy atom. The topological polar surface area (TPSA) is 57.8 Å². The van der Waals surface area contributed by atoms with Crippen molar-refractivity contribution in [3.8, 4) is 0 Å². The highest BCUT2D eigenvalue weighted by Gasteiger charge is 2.10. The van der Waals surface area contributed by atoms with Gasteiger partial charge in [0.25, 0.3) is 0 Å². The number of nitrogens with zero attached hydrogens (tertiary/aromatic N) is 1. The second kappa shape index (κ2) is 6.09. The third-order valence-corrected chi connectivity index (χ3v) is 3.68. The number of aromatic nitrogens is 2. The molecule has 2 aromatic rings. The number of carbonyl (C=O) groups is 1. The van der Waals surface area contributed by atoms with Crippen LogP contribution in [0.25, 0.3) is 0 Å². The molecule has 2 N–H and O–H groups in total. The monoisotopic (exact) mass is 291 g/mol. The van der Waals surface area contributed by atoms with E-state index in [1.165, 1.54) is 0 Å². The van der Waals surface area contributed by atoms with Gasteiger partial charge in [-0.05, 0) is 44.4 Å². The summed E-state index contributed by atoms with van der Waals surface area (Å²) in [5, 5.41) is 10.5. The third-order valence-electron chi connectivity index (χ3n) is 3.27. The molecule has 2 rings (SSSR count). The van der Waals surface area contributed by atoms with Gasteiger partial charge in [0.05, 0.1) is 17.1 Å². The first-order valence-corrected chi connectivity index (χ1v) is 6.91. The van der Waals surface area contributed by atoms with Crippen LogP contribution in [0.4, 0.5) is 5.69 Å². The molecule has 1 amide bonds. The molecular weight excluding hydrogens is 274 g/mol. The minimum atomic E-state index is -0.0192. The van der Waals surface area contributed by atoms with Gasteiger partial charge >= 0.3 is 0 Å². The van der Waals surface area contributed by atoms with E-state index >= 15 is 0 Å². The van der Waals surface area contributed by atoms with E-state index in [0.717, 1.165) is 33.2 Å². The molecule has 0 spiro atoms. The van der Waals surface area contributed by atoms with Gasteiger partial charge in [0.2, 0.25) is 5.91 Å². The molecule has 20 heavy (non-hydrogen) atoms. The number of amides is 1. The minimum Gasteiger partial charge on any atom is -0.323 e. The van der Waals surface area contributed by atoms with Crippen LogP contribution in [0.3, 0.4) is 0 Å². The van der Waals surface area contributed by atoms with Gasteiger partial charge in [0.15, 0.2) is 0 Å². The number of rotatable bonds is 4. The first-order valence-electron chi connectivity index (χ1n) is 6.54. The van der Waals surface area contributed by atoms with E-state index in [9.17, 15) is 4.79 Å². The van der Waals surface area contributed by atoms with Gasteiger partial charge in [0.1, 0.15) is 0 Å². The molecule has 1 heterocycles. The molecule has 0 radical (unpaired) electrons. The molecule has 4 nitrogen and oxygen atoms in total. The summed E-state index contributed by atoms with van der Waals surface area (Å²) in [6.45, 7) is 5.71. The lowest BCUT2D eigenvalue weighted by molar-refractivity contribution is -0.116. The quantitative estimate of drug-likeness (QED) is 0.905. The van der Waals surface area contributed by atoms with E-state index in [1.54, 1.807) is 0 Å². The van der Waals surface area contributed by atoms with Crippen LogP contribution in [0.5, 0.6) is 0 Å². The lowest BCUT2D eigenvalue weighted by Crippen LogP contribution is -2.13. The lowest BCUT2D eigenvalue weighted by Gasteiger charge is -2.06. The minimum absolute atomic E-state index is 0.0192. The zero-order chi connectivity index (χ0) is 14.7. The van der Waals surface area contributed by atoms with Crippen LogP contribution in [0, 0.1) is 20.8 Å². The highest BCUT2D eigenvalue weighted by molar-refractivity contribution is 6.31. The predicted octanol–water partition coefficient (Wildman–Crippen LogP) is 3.56. The lowest BCUT2D eigenvalue weighted by atomic mass is 10.1. The number of H-pyrrole nitrogens is 1. The number of hydrogen-bond donors (Lipinski definition) is 2. The summed E-state index contributed by atoms with van der Waals surface area (Å²) in [4.78, 5) is 12.0. The van der Waals surface area contributed by atoms with E-state index in [1.807, 2.05) is 39.0 Å². The third kappa shape index (κ3) is 3.39. The largest absolute Gasteiger partial charge is 0.323 e. The van der Waals surface area contributed by atoms with Crippen LogP contribution in [-0.2, 0) is 11.2 Å². The molecule has 1 aromatic carbocycles. The maximum atomic E-state index is 12.0. The van der Waals surface area contributed by atoms with Crippen LogP contribution in [0.15, 0.2) is 18.2 Å². The van der Waals surface area contributed by atoms with Crippen molar-refractivity contribution in [2.24, 2.45) is 0 Å². The number of carbonyl (C=O) groups excluding carboxylic acids is 1. The zero-order valence-corrected chi connectivity index (χ0v) is 12.6. The number of benzene rings is 1. The molecule has 0 saturated heterocycles. The fraction of sp³-hybridized carbons (Fsp3) is 0.333. The van der Waals surface area contributed by atoms with Gasteiger partial charge in [-0.1, -0.05) is 23.7 Å². The van der Waals surface area contributed by atoms with Gasteiger partial charge in [0, 0.05) is 11.4 Å². The normalized spacial score (nSPS) is 10.6. The highest BCUT2D eigenvalue weighted by atomic mass is 35.5. The summed E-state index contributed by atoms with van der Waals surface area (Å²) >= 11 is 6.07. The summed E-state index contributed by atoms with van der Waals surface area (Å²) in [6, 6.07) is 5.89. The van der Waals surface area contributed by atoms with E-state index in [0.29, 0.717) is 12.8 Å². The molecular formula is C15H18ClN3O. The SMILES string of the molecule is Cc1ccc(CCC(=O)Nc2c(C)n[nH]c2C)cc1Cl. The summed E-state index contributed by atoms with van der Waals surface area (Å²) in [7, 11) is 0. The molecule has 5 heteroatoms. The Morgan fingerprint density at radius 2 is 2.10 bits per heavy atom. The Kier molecular flexibility index (Phi) is 4.45. The summed E-state index contributed by atoms with van der Waals surface area (Å²) in [5.41, 5.74) is 4.56. The number of aromatic amines is 1. The number of hydrogen-bond acceptors (Lipinski definition) is 2. The van der Waals surface area contributed by atoms with E-state index in [-0.39, 0.29) is 5.91 Å². The van der Waals surface area contributed by atoms with Crippen molar-refractivity contribution >= 4 is 23.2 Å². The van der Waals surface area contributed by atoms with Crippen LogP contribution in [0.1, 0.15) is 28.9 Å². The summed E-state index contributed by atoms with van der Waals surface area (Å²) in [6.07, 6.45) is 1.09. The first kappa shape index (κ1) is 14.6. The fourth-order valence-electron chi connectivity index (χ4n) is 1.99. The van der Waals surface area contributed by atoms with E-state index in [2.05, 4.69) is 15.5 Å². The molecule has 0 aliphatic rings. The van der Waals surface area contributed by atoms with Crippen LogP contribution in [-0.4, -0.2) is 16.1 Å². The second-order valence-electron chi connectivity index (χ2n) is 4.94. The molecule has 0 unspecified atom stereocenters. The zero-order valence-electron chi connectivity index (χ0n) is 11.9. The standard InChI is InChI=1S/C15H18ClN3O/c1-9-4-5-12(8-13(9)16)6-7-14(20)17-15-10(2)18-19-11(15)3/h4-5,8H,6-7H2,1-3H3,(H,17,20)(H,18,19). The van der Waals surface area contributed by atoms with Crippen LogP contribution >= 0.6 is 11.6 Å². The van der Waals surface area contributed by atoms with E-state index in [4.69, 9.17) is 11.6 Å². The molecule has 0 atom stereocenters. The Hall–Kier alpha value is -1.81. The van der Waals surface area contributed by atoms with Crippen LogP contribution in [0.2, 0.25) is 5.02 Å². The molecule has 0 fully saturated rings. The number of nitrogens with one attached hydrogen (secondary N) is 2. The molecule has 0 aliphatic carbocycles. The smallest absolute Gasteiger partial charge is 0.224 e. The molecule has 1 aromatic heterocycles. The second-order valence-corrected chi connectivity index (χ2v) is 5.35. The van der Waals surface area contributed by atoms with E-state index < -0.39 is 0 Å². The Balaban J connectivity index is 1.94. The number of anilines is 1. The number of halogens is 1.